The van der Waals surface area contributed by atoms with E-state index >= 15 is 0 Å². The summed E-state index contributed by atoms with van der Waals surface area (Å²) in [5.74, 6) is -3.57. The fourth-order valence-electron chi connectivity index (χ4n) is 4.48. The van der Waals surface area contributed by atoms with E-state index in [0.29, 0.717) is 11.3 Å². The molecule has 13 heteroatoms. The second-order valence-electron chi connectivity index (χ2n) is 9.22. The van der Waals surface area contributed by atoms with E-state index in [-0.39, 0.29) is 40.9 Å². The van der Waals surface area contributed by atoms with Crippen LogP contribution in [0.15, 0.2) is 47.3 Å². The van der Waals surface area contributed by atoms with Gasteiger partial charge in [0.25, 0.3) is 11.5 Å². The first-order valence-corrected chi connectivity index (χ1v) is 12.3. The van der Waals surface area contributed by atoms with E-state index in [9.17, 15) is 34.2 Å². The van der Waals surface area contributed by atoms with E-state index in [1.54, 1.807) is 39.0 Å². The molecule has 38 heavy (non-hydrogen) atoms. The molecular weight excluding hydrogens is 523 g/mol. The van der Waals surface area contributed by atoms with Gasteiger partial charge in [-0.1, -0.05) is 18.2 Å². The molecule has 4 rings (SSSR count). The molecule has 3 heterocycles. The number of rotatable bonds is 7. The van der Waals surface area contributed by atoms with Gasteiger partial charge >= 0.3 is 29.6 Å². The van der Waals surface area contributed by atoms with Crippen LogP contribution in [0, 0.1) is 0 Å². The first-order chi connectivity index (χ1) is 17.4. The Kier molecular flexibility index (Phi) is 8.82. The number of β-lactam (4-membered cyclic amide) rings is 1. The Labute approximate surface area is 244 Å². The molecule has 0 radical (unpaired) electrons. The molecule has 2 aliphatic heterocycles. The number of phenolic OH excluding ortho intramolecular Hbond substituents is 1. The van der Waals surface area contributed by atoms with Gasteiger partial charge in [-0.2, -0.15) is 0 Å². The number of aromatic hydroxyl groups is 1. The summed E-state index contributed by atoms with van der Waals surface area (Å²) >= 11 is 1.23. The van der Waals surface area contributed by atoms with E-state index < -0.39 is 57.5 Å². The number of phenols is 1. The number of hydrogen-bond acceptors (Lipinski definition) is 8. The van der Waals surface area contributed by atoms with Crippen molar-refractivity contribution in [1.82, 2.24) is 20.5 Å². The van der Waals surface area contributed by atoms with Crippen molar-refractivity contribution in [2.24, 2.45) is 0 Å². The number of aromatic amines is 1. The molecule has 3 amide bonds. The minimum atomic E-state index is -1.38. The normalized spacial score (nSPS) is 22.1. The topological polar surface area (TPSA) is 172 Å². The molecule has 0 spiro atoms. The molecule has 0 bridgehead atoms. The summed E-state index contributed by atoms with van der Waals surface area (Å²) in [5.41, 5.74) is -0.0839. The predicted molar refractivity (Wildman–Crippen MR) is 133 cm³/mol. The van der Waals surface area contributed by atoms with Crippen LogP contribution in [0.25, 0.3) is 6.08 Å². The molecule has 2 aliphatic rings. The Morgan fingerprint density at radius 1 is 1.16 bits per heavy atom. The number of fused-ring (bicyclic) bond motifs is 1. The van der Waals surface area contributed by atoms with Gasteiger partial charge in [-0.05, 0) is 56.7 Å². The van der Waals surface area contributed by atoms with Crippen LogP contribution in [0.4, 0.5) is 0 Å². The minimum Gasteiger partial charge on any atom is -0.548 e. The number of H-pyrrole nitrogens is 1. The smallest absolute Gasteiger partial charge is 0.548 e. The summed E-state index contributed by atoms with van der Waals surface area (Å²) in [6, 6.07) is 4.91. The van der Waals surface area contributed by atoms with Crippen LogP contribution < -0.4 is 50.9 Å². The number of benzene rings is 1. The van der Waals surface area contributed by atoms with E-state index in [1.165, 1.54) is 47.0 Å². The van der Waals surface area contributed by atoms with E-state index in [1.807, 2.05) is 0 Å². The van der Waals surface area contributed by atoms with Crippen molar-refractivity contribution in [1.29, 1.82) is 0 Å². The van der Waals surface area contributed by atoms with Gasteiger partial charge in [-0.3, -0.25) is 19.2 Å². The zero-order valence-electron chi connectivity index (χ0n) is 21.2. The maximum absolute atomic E-state index is 13.3. The van der Waals surface area contributed by atoms with Crippen LogP contribution in [0.3, 0.4) is 0 Å². The third-order valence-corrected chi connectivity index (χ3v) is 7.82. The first-order valence-electron chi connectivity index (χ1n) is 11.4. The Hall–Kier alpha value is -3.06. The van der Waals surface area contributed by atoms with Crippen LogP contribution in [0.5, 0.6) is 5.75 Å². The zero-order valence-corrected chi connectivity index (χ0v) is 24.0. The summed E-state index contributed by atoms with van der Waals surface area (Å²) < 4.78 is -0.830. The quantitative estimate of drug-likeness (QED) is 0.208. The maximum Gasteiger partial charge on any atom is 1.00 e. The van der Waals surface area contributed by atoms with Crippen molar-refractivity contribution in [2.75, 3.05) is 0 Å². The number of allylic oxidation sites excluding steroid dienone is 1. The van der Waals surface area contributed by atoms with Crippen molar-refractivity contribution in [3.05, 3.63) is 69.6 Å². The third-order valence-electron chi connectivity index (χ3n) is 6.25. The van der Waals surface area contributed by atoms with Gasteiger partial charge in [-0.25, -0.2) is 0 Å². The second-order valence-corrected chi connectivity index (χ2v) is 11.0. The van der Waals surface area contributed by atoms with Gasteiger partial charge in [0.2, 0.25) is 11.8 Å². The molecule has 4 N–H and O–H groups in total. The number of amides is 3. The summed E-state index contributed by atoms with van der Waals surface area (Å²) in [6.07, 6.45) is 3.37. The average Bonchev–Trinajstić information content (AvgIpc) is 3.09. The molecule has 11 nitrogen and oxygen atoms in total. The van der Waals surface area contributed by atoms with Crippen molar-refractivity contribution in [2.45, 2.75) is 49.0 Å². The first kappa shape index (κ1) is 29.5. The molecular formula is C25H25N4NaO7S. The zero-order chi connectivity index (χ0) is 27.1. The van der Waals surface area contributed by atoms with Gasteiger partial charge < -0.3 is 35.5 Å². The monoisotopic (exact) mass is 548 g/mol. The fourth-order valence-corrected chi connectivity index (χ4v) is 6.10. The number of carbonyl (C=O) groups excluding carboxylic acids is 4. The molecule has 2 aromatic rings. The number of aliphatic carboxylic acids is 1. The minimum absolute atomic E-state index is 0. The summed E-state index contributed by atoms with van der Waals surface area (Å²) in [5, 5.41) is 25.8. The number of pyridine rings is 1. The van der Waals surface area contributed by atoms with Gasteiger partial charge in [-0.15, -0.1) is 11.8 Å². The number of nitrogens with zero attached hydrogens (tertiary/aromatic N) is 1. The molecule has 2 saturated heterocycles. The summed E-state index contributed by atoms with van der Waals surface area (Å²) in [4.78, 5) is 67.0. The van der Waals surface area contributed by atoms with Crippen molar-refractivity contribution in [3.63, 3.8) is 0 Å². The van der Waals surface area contributed by atoms with Gasteiger partial charge in [0, 0.05) is 10.4 Å². The number of nitrogens with one attached hydrogen (secondary N) is 3. The van der Waals surface area contributed by atoms with Crippen LogP contribution in [0.2, 0.25) is 0 Å². The van der Waals surface area contributed by atoms with Crippen LogP contribution >= 0.6 is 11.8 Å². The Morgan fingerprint density at radius 2 is 1.82 bits per heavy atom. The molecule has 0 aliphatic carbocycles. The molecule has 4 atom stereocenters. The van der Waals surface area contributed by atoms with Crippen LogP contribution in [-0.4, -0.2) is 60.9 Å². The van der Waals surface area contributed by atoms with Gasteiger partial charge in [0.1, 0.15) is 28.8 Å². The molecule has 0 saturated carbocycles. The van der Waals surface area contributed by atoms with Crippen molar-refractivity contribution < 1.29 is 58.9 Å². The maximum atomic E-state index is 13.3. The Bertz CT molecular complexity index is 1360. The average molecular weight is 549 g/mol. The van der Waals surface area contributed by atoms with Gasteiger partial charge in [0.15, 0.2) is 0 Å². The predicted octanol–water partition coefficient (Wildman–Crippen LogP) is -3.11. The Morgan fingerprint density at radius 3 is 2.39 bits per heavy atom. The third kappa shape index (κ3) is 5.53. The molecule has 1 aromatic heterocycles. The Balaban J connectivity index is 0.00000400. The number of aromatic nitrogens is 1. The number of hydrogen-bond donors (Lipinski definition) is 4. The van der Waals surface area contributed by atoms with Crippen LogP contribution in [0.1, 0.15) is 48.4 Å². The summed E-state index contributed by atoms with van der Waals surface area (Å²) in [6.45, 7) is 5.14. The van der Waals surface area contributed by atoms with Crippen LogP contribution in [-0.2, 0) is 14.4 Å². The molecule has 1 aromatic carbocycles. The van der Waals surface area contributed by atoms with E-state index in [2.05, 4.69) is 15.6 Å². The van der Waals surface area contributed by atoms with Crippen molar-refractivity contribution in [3.8, 4) is 5.75 Å². The number of thioether (sulfide) groups is 1. The second kappa shape index (κ2) is 11.4. The molecule has 194 valence electrons. The van der Waals surface area contributed by atoms with Crippen molar-refractivity contribution >= 4 is 41.5 Å². The van der Waals surface area contributed by atoms with E-state index in [0.717, 1.165) is 0 Å². The van der Waals surface area contributed by atoms with E-state index in [4.69, 9.17) is 0 Å². The number of carboxylic acid groups (broad SMARTS) is 1. The SMILES string of the molecule is C/C=C/c1ccc(C(=O)NC(C(=O)N[C@H]2C(=O)N3[C@@H](C(=O)[O-])C(C)(C)S[C@@H]23)c2ccc(O)cc2)c(=O)[nH]1.[Na+]. The summed E-state index contributed by atoms with van der Waals surface area (Å²) in [7, 11) is 0. The largest absolute Gasteiger partial charge is 1.00 e. The molecule has 2 fully saturated rings. The number of carbonyl (C=O) groups is 4. The standard InChI is InChI=1S/C25H26N4O7S.Na/c1-4-5-13-8-11-15(19(31)26-13)20(32)27-16(12-6-9-14(30)10-7-12)21(33)28-17-22(34)29-18(24(35)36)25(2,3)37-23(17)29;/h4-11,16-18,23,30H,1-3H3,(H,26,31)(H,27,32)(H,28,33)(H,35,36);/q;+1/p-1/b5-4+;/t16?,17-,18-,23-;/m0./s1. The number of carboxylic acids is 1. The molecule has 1 unspecified atom stereocenters. The fraction of sp³-hybridized carbons (Fsp3) is 0.320. The van der Waals surface area contributed by atoms with Gasteiger partial charge in [0.05, 0.1) is 12.0 Å².